The van der Waals surface area contributed by atoms with E-state index < -0.39 is 6.04 Å². The molecule has 8 nitrogen and oxygen atoms in total. The largest absolute Gasteiger partial charge is 0.508 e. The zero-order valence-corrected chi connectivity index (χ0v) is 17.1. The highest BCUT2D eigenvalue weighted by atomic mass is 16.5. The maximum atomic E-state index is 13.2. The van der Waals surface area contributed by atoms with Gasteiger partial charge in [-0.25, -0.2) is 4.90 Å². The number of hydrogen-bond acceptors (Lipinski definition) is 7. The predicted molar refractivity (Wildman–Crippen MR) is 112 cm³/mol. The van der Waals surface area contributed by atoms with Crippen molar-refractivity contribution in [3.05, 3.63) is 42.5 Å². The van der Waals surface area contributed by atoms with Crippen LogP contribution in [0.3, 0.4) is 0 Å². The number of phenols is 1. The van der Waals surface area contributed by atoms with Crippen molar-refractivity contribution >= 4 is 23.2 Å². The maximum Gasteiger partial charge on any atom is 0.251 e. The lowest BCUT2D eigenvalue weighted by Gasteiger charge is -2.38. The van der Waals surface area contributed by atoms with Crippen molar-refractivity contribution in [2.24, 2.45) is 0 Å². The highest BCUT2D eigenvalue weighted by molar-refractivity contribution is 6.23. The molecule has 4 rings (SSSR count). The summed E-state index contributed by atoms with van der Waals surface area (Å²) in [7, 11) is 3.05. The zero-order valence-electron chi connectivity index (χ0n) is 17.1. The Morgan fingerprint density at radius 3 is 2.27 bits per heavy atom. The van der Waals surface area contributed by atoms with E-state index in [9.17, 15) is 14.7 Å². The van der Waals surface area contributed by atoms with Gasteiger partial charge in [0.2, 0.25) is 5.91 Å². The van der Waals surface area contributed by atoms with E-state index in [0.29, 0.717) is 30.3 Å². The van der Waals surface area contributed by atoms with Crippen LogP contribution in [0.15, 0.2) is 42.5 Å². The van der Waals surface area contributed by atoms with Gasteiger partial charge in [-0.1, -0.05) is 0 Å². The van der Waals surface area contributed by atoms with Crippen LogP contribution in [0.5, 0.6) is 17.2 Å². The summed E-state index contributed by atoms with van der Waals surface area (Å²) in [5, 5.41) is 9.46. The van der Waals surface area contributed by atoms with Crippen LogP contribution in [-0.4, -0.2) is 68.3 Å². The van der Waals surface area contributed by atoms with Crippen molar-refractivity contribution in [3.8, 4) is 17.2 Å². The quantitative estimate of drug-likeness (QED) is 0.752. The Bertz CT molecular complexity index is 938. The number of phenolic OH excluding ortho intramolecular Hbond substituents is 1. The lowest BCUT2D eigenvalue weighted by atomic mass is 10.1. The molecule has 2 aromatic rings. The third-order valence-electron chi connectivity index (χ3n) is 5.72. The molecule has 0 aliphatic carbocycles. The second-order valence-electron chi connectivity index (χ2n) is 7.36. The molecule has 30 heavy (non-hydrogen) atoms. The summed E-state index contributed by atoms with van der Waals surface area (Å²) >= 11 is 0. The van der Waals surface area contributed by atoms with Gasteiger partial charge < -0.3 is 19.5 Å². The Morgan fingerprint density at radius 2 is 1.63 bits per heavy atom. The minimum absolute atomic E-state index is 0.160. The lowest BCUT2D eigenvalue weighted by molar-refractivity contribution is -0.123. The fourth-order valence-corrected chi connectivity index (χ4v) is 4.08. The topological polar surface area (TPSA) is 82.5 Å². The van der Waals surface area contributed by atoms with Crippen LogP contribution in [-0.2, 0) is 9.59 Å². The van der Waals surface area contributed by atoms with E-state index in [4.69, 9.17) is 9.47 Å². The van der Waals surface area contributed by atoms with Gasteiger partial charge in [0.1, 0.15) is 17.2 Å². The summed E-state index contributed by atoms with van der Waals surface area (Å²) in [5.41, 5.74) is 1.48. The summed E-state index contributed by atoms with van der Waals surface area (Å²) in [6.45, 7) is 2.85. The molecule has 2 heterocycles. The number of amides is 2. The summed E-state index contributed by atoms with van der Waals surface area (Å²) in [6.07, 6.45) is 0.160. The van der Waals surface area contributed by atoms with Gasteiger partial charge >= 0.3 is 0 Å². The molecular weight excluding hydrogens is 386 g/mol. The standard InChI is InChI=1S/C22H25N3O5/c1-29-17-7-8-18(20(13-17)30-2)25-21(27)14-19(22(25)28)24-11-9-23(10-12-24)15-3-5-16(26)6-4-15/h3-8,13,19,26H,9-12,14H2,1-2H3/t19-/m0/s1. The smallest absolute Gasteiger partial charge is 0.251 e. The summed E-state index contributed by atoms with van der Waals surface area (Å²) in [6, 6.07) is 11.7. The second-order valence-corrected chi connectivity index (χ2v) is 7.36. The lowest BCUT2D eigenvalue weighted by Crippen LogP contribution is -2.52. The van der Waals surface area contributed by atoms with Crippen LogP contribution < -0.4 is 19.3 Å². The molecule has 0 spiro atoms. The third kappa shape index (κ3) is 3.66. The average molecular weight is 411 g/mol. The molecule has 2 aliphatic heterocycles. The van der Waals surface area contributed by atoms with Gasteiger partial charge in [-0.15, -0.1) is 0 Å². The van der Waals surface area contributed by atoms with Crippen molar-refractivity contribution in [1.29, 1.82) is 0 Å². The van der Waals surface area contributed by atoms with E-state index in [1.54, 1.807) is 37.4 Å². The molecule has 2 fully saturated rings. The number of anilines is 2. The summed E-state index contributed by atoms with van der Waals surface area (Å²) in [5.74, 6) is 0.808. The Hall–Kier alpha value is -3.26. The summed E-state index contributed by atoms with van der Waals surface area (Å²) in [4.78, 5) is 31.4. The molecule has 8 heteroatoms. The molecule has 0 unspecified atom stereocenters. The number of methoxy groups -OCH3 is 2. The van der Waals surface area contributed by atoms with E-state index in [1.807, 2.05) is 12.1 Å². The summed E-state index contributed by atoms with van der Waals surface area (Å²) < 4.78 is 10.6. The van der Waals surface area contributed by atoms with E-state index >= 15 is 0 Å². The molecule has 0 radical (unpaired) electrons. The zero-order chi connectivity index (χ0) is 21.3. The van der Waals surface area contributed by atoms with Gasteiger partial charge in [-0.3, -0.25) is 14.5 Å². The number of nitrogens with zero attached hydrogens (tertiary/aromatic N) is 3. The Labute approximate surface area is 175 Å². The van der Waals surface area contributed by atoms with Crippen LogP contribution in [0.25, 0.3) is 0 Å². The molecule has 1 atom stereocenters. The van der Waals surface area contributed by atoms with Gasteiger partial charge in [0, 0.05) is 37.9 Å². The molecule has 1 N–H and O–H groups in total. The van der Waals surface area contributed by atoms with Crippen LogP contribution in [0.1, 0.15) is 6.42 Å². The minimum atomic E-state index is -0.466. The molecular formula is C22H25N3O5. The number of imide groups is 1. The van der Waals surface area contributed by atoms with Crippen LogP contribution in [0.2, 0.25) is 0 Å². The van der Waals surface area contributed by atoms with Gasteiger partial charge in [-0.2, -0.15) is 0 Å². The first-order valence-corrected chi connectivity index (χ1v) is 9.88. The van der Waals surface area contributed by atoms with E-state index in [0.717, 1.165) is 18.8 Å². The predicted octanol–water partition coefficient (Wildman–Crippen LogP) is 1.86. The van der Waals surface area contributed by atoms with Gasteiger partial charge in [-0.05, 0) is 36.4 Å². The number of hydrogen-bond donors (Lipinski definition) is 1. The number of carbonyl (C=O) groups is 2. The minimum Gasteiger partial charge on any atom is -0.508 e. The van der Waals surface area contributed by atoms with Crippen LogP contribution in [0.4, 0.5) is 11.4 Å². The van der Waals surface area contributed by atoms with Crippen molar-refractivity contribution in [3.63, 3.8) is 0 Å². The normalized spacial score (nSPS) is 20.0. The fourth-order valence-electron chi connectivity index (χ4n) is 4.08. The fraction of sp³-hybridized carbons (Fsp3) is 0.364. The number of rotatable bonds is 5. The van der Waals surface area contributed by atoms with E-state index in [2.05, 4.69) is 9.80 Å². The van der Waals surface area contributed by atoms with Gasteiger partial charge in [0.25, 0.3) is 5.91 Å². The number of benzene rings is 2. The highest BCUT2D eigenvalue weighted by Crippen LogP contribution is 2.36. The molecule has 158 valence electrons. The Balaban J connectivity index is 1.47. The first kappa shape index (κ1) is 20.0. The molecule has 0 aromatic heterocycles. The molecule has 2 saturated heterocycles. The van der Waals surface area contributed by atoms with Crippen molar-refractivity contribution in [2.75, 3.05) is 50.2 Å². The number of ether oxygens (including phenoxy) is 2. The van der Waals surface area contributed by atoms with Crippen LogP contribution in [0, 0.1) is 0 Å². The molecule has 0 bridgehead atoms. The number of carbonyl (C=O) groups excluding carboxylic acids is 2. The SMILES string of the molecule is COc1ccc(N2C(=O)C[C@H](N3CCN(c4ccc(O)cc4)CC3)C2=O)c(OC)c1. The Morgan fingerprint density at radius 1 is 0.933 bits per heavy atom. The second kappa shape index (κ2) is 8.23. The van der Waals surface area contributed by atoms with E-state index in [1.165, 1.54) is 12.0 Å². The van der Waals surface area contributed by atoms with Crippen molar-refractivity contribution in [1.82, 2.24) is 4.90 Å². The Kier molecular flexibility index (Phi) is 5.50. The van der Waals surface area contributed by atoms with Gasteiger partial charge in [0.05, 0.1) is 32.4 Å². The molecule has 2 aromatic carbocycles. The molecule has 0 saturated carbocycles. The maximum absolute atomic E-state index is 13.2. The number of piperazine rings is 1. The van der Waals surface area contributed by atoms with Crippen molar-refractivity contribution < 1.29 is 24.2 Å². The third-order valence-corrected chi connectivity index (χ3v) is 5.72. The number of aromatic hydroxyl groups is 1. The first-order chi connectivity index (χ1) is 14.5. The van der Waals surface area contributed by atoms with Crippen LogP contribution >= 0.6 is 0 Å². The molecule has 2 amide bonds. The van der Waals surface area contributed by atoms with Gasteiger partial charge in [0.15, 0.2) is 0 Å². The molecule has 2 aliphatic rings. The average Bonchev–Trinajstić information content (AvgIpc) is 3.07. The highest BCUT2D eigenvalue weighted by Gasteiger charge is 2.44. The van der Waals surface area contributed by atoms with Crippen molar-refractivity contribution in [2.45, 2.75) is 12.5 Å². The van der Waals surface area contributed by atoms with E-state index in [-0.39, 0.29) is 24.0 Å². The monoisotopic (exact) mass is 411 g/mol. The first-order valence-electron chi connectivity index (χ1n) is 9.88.